The molecule has 0 fully saturated rings. The molecule has 1 N–H and O–H groups in total. The Bertz CT molecular complexity index is 701. The summed E-state index contributed by atoms with van der Waals surface area (Å²) in [5.74, 6) is -1.38. The minimum absolute atomic E-state index is 0.335. The highest BCUT2D eigenvalue weighted by Crippen LogP contribution is 2.16. The summed E-state index contributed by atoms with van der Waals surface area (Å²) in [6.07, 6.45) is 3.47. The molecule has 2 aromatic heterocycles. The molecule has 2 heterocycles. The van der Waals surface area contributed by atoms with Gasteiger partial charge in [-0.3, -0.25) is 9.36 Å². The fraction of sp³-hybridized carbons (Fsp3) is 0.400. The van der Waals surface area contributed by atoms with Gasteiger partial charge >= 0.3 is 11.7 Å². The molecule has 6 nitrogen and oxygen atoms in total. The van der Waals surface area contributed by atoms with Crippen molar-refractivity contribution in [3.63, 3.8) is 0 Å². The highest BCUT2D eigenvalue weighted by Gasteiger charge is 2.18. The van der Waals surface area contributed by atoms with Crippen LogP contribution in [-0.4, -0.2) is 20.6 Å². The maximum atomic E-state index is 12.1. The lowest BCUT2D eigenvalue weighted by atomic mass is 9.99. The van der Waals surface area contributed by atoms with Crippen molar-refractivity contribution >= 4 is 5.97 Å². The minimum atomic E-state index is -0.860. The Kier molecular flexibility index (Phi) is 4.26. The molecule has 0 spiro atoms. The normalized spacial score (nSPS) is 12.3. The van der Waals surface area contributed by atoms with Gasteiger partial charge in [-0.15, -0.1) is 0 Å². The zero-order valence-corrected chi connectivity index (χ0v) is 12.3. The predicted molar refractivity (Wildman–Crippen MR) is 76.3 cm³/mol. The number of carboxylic acid groups (broad SMARTS) is 1. The van der Waals surface area contributed by atoms with Crippen LogP contribution in [0.1, 0.15) is 29.4 Å². The molecule has 1 unspecified atom stereocenters. The molecular formula is C15H18N2O4. The van der Waals surface area contributed by atoms with Gasteiger partial charge in [-0.1, -0.05) is 6.92 Å². The van der Waals surface area contributed by atoms with Gasteiger partial charge < -0.3 is 9.52 Å². The van der Waals surface area contributed by atoms with Crippen LogP contribution < -0.4 is 5.69 Å². The third-order valence-corrected chi connectivity index (χ3v) is 3.63. The van der Waals surface area contributed by atoms with Crippen molar-refractivity contribution in [2.45, 2.75) is 33.7 Å². The maximum absolute atomic E-state index is 12.1. The monoisotopic (exact) mass is 290 g/mol. The quantitative estimate of drug-likeness (QED) is 0.907. The van der Waals surface area contributed by atoms with E-state index in [2.05, 4.69) is 4.98 Å². The number of carboxylic acids is 1. The molecule has 0 amide bonds. The first-order valence-corrected chi connectivity index (χ1v) is 6.71. The third-order valence-electron chi connectivity index (χ3n) is 3.63. The topological polar surface area (TPSA) is 85.3 Å². The van der Waals surface area contributed by atoms with Crippen LogP contribution in [0.15, 0.2) is 27.8 Å². The van der Waals surface area contributed by atoms with Gasteiger partial charge in [0.25, 0.3) is 0 Å². The number of nitrogens with zero attached hydrogens (tertiary/aromatic N) is 2. The number of furan rings is 1. The zero-order chi connectivity index (χ0) is 15.6. The van der Waals surface area contributed by atoms with E-state index in [1.54, 1.807) is 37.0 Å². The molecular weight excluding hydrogens is 272 g/mol. The van der Waals surface area contributed by atoms with Crippen LogP contribution in [0.5, 0.6) is 0 Å². The lowest BCUT2D eigenvalue weighted by Gasteiger charge is -2.16. The summed E-state index contributed by atoms with van der Waals surface area (Å²) >= 11 is 0. The fourth-order valence-corrected chi connectivity index (χ4v) is 2.28. The third kappa shape index (κ3) is 3.21. The van der Waals surface area contributed by atoms with E-state index >= 15 is 0 Å². The van der Waals surface area contributed by atoms with Gasteiger partial charge in [-0.05, 0) is 31.9 Å². The molecule has 0 aromatic carbocycles. The number of aromatic nitrogens is 2. The van der Waals surface area contributed by atoms with E-state index in [0.29, 0.717) is 18.7 Å². The van der Waals surface area contributed by atoms with Crippen molar-refractivity contribution in [3.8, 4) is 0 Å². The first kappa shape index (κ1) is 15.0. The average Bonchev–Trinajstić information content (AvgIpc) is 2.92. The molecule has 0 saturated heterocycles. The number of aryl methyl sites for hydroxylation is 1. The number of carbonyl (C=O) groups is 1. The van der Waals surface area contributed by atoms with E-state index in [-0.39, 0.29) is 5.69 Å². The molecule has 0 bridgehead atoms. The predicted octanol–water partition coefficient (Wildman–Crippen LogP) is 1.76. The standard InChI is InChI=1S/C15H18N2O4/c1-9(14(18)19)6-13-10(2)16-15(20)17(11(13)3)7-12-4-5-21-8-12/h4-5,8-9H,6-7H2,1-3H3,(H,18,19). The number of hydrogen-bond donors (Lipinski definition) is 1. The summed E-state index contributed by atoms with van der Waals surface area (Å²) in [4.78, 5) is 27.1. The van der Waals surface area contributed by atoms with Gasteiger partial charge in [-0.2, -0.15) is 4.98 Å². The molecule has 2 aromatic rings. The smallest absolute Gasteiger partial charge is 0.348 e. The van der Waals surface area contributed by atoms with Crippen LogP contribution in [-0.2, 0) is 17.8 Å². The van der Waals surface area contributed by atoms with Gasteiger partial charge in [0.15, 0.2) is 0 Å². The minimum Gasteiger partial charge on any atom is -0.481 e. The molecule has 6 heteroatoms. The molecule has 2 rings (SSSR count). The number of rotatable bonds is 5. The Morgan fingerprint density at radius 3 is 2.76 bits per heavy atom. The summed E-state index contributed by atoms with van der Waals surface area (Å²) in [7, 11) is 0. The highest BCUT2D eigenvalue weighted by molar-refractivity contribution is 5.70. The molecule has 0 saturated carbocycles. The van der Waals surface area contributed by atoms with E-state index in [0.717, 1.165) is 16.8 Å². The summed E-state index contributed by atoms with van der Waals surface area (Å²) in [6, 6.07) is 1.78. The molecule has 112 valence electrons. The first-order chi connectivity index (χ1) is 9.90. The van der Waals surface area contributed by atoms with Crippen molar-refractivity contribution in [2.75, 3.05) is 0 Å². The van der Waals surface area contributed by atoms with Gasteiger partial charge in [0.1, 0.15) is 0 Å². The Balaban J connectivity index is 2.42. The molecule has 0 aliphatic rings. The van der Waals surface area contributed by atoms with Crippen molar-refractivity contribution in [1.29, 1.82) is 0 Å². The summed E-state index contributed by atoms with van der Waals surface area (Å²) in [5, 5.41) is 9.06. The van der Waals surface area contributed by atoms with Crippen LogP contribution in [0.4, 0.5) is 0 Å². The number of hydrogen-bond acceptors (Lipinski definition) is 4. The second-order valence-electron chi connectivity index (χ2n) is 5.20. The van der Waals surface area contributed by atoms with Crippen molar-refractivity contribution < 1.29 is 14.3 Å². The van der Waals surface area contributed by atoms with Crippen molar-refractivity contribution in [3.05, 3.63) is 51.6 Å². The van der Waals surface area contributed by atoms with Gasteiger partial charge in [0.05, 0.1) is 25.0 Å². The van der Waals surface area contributed by atoms with Gasteiger partial charge in [0.2, 0.25) is 0 Å². The molecule has 0 aliphatic carbocycles. The fourth-order valence-electron chi connectivity index (χ4n) is 2.28. The Labute approximate surface area is 122 Å². The molecule has 1 atom stereocenters. The lowest BCUT2D eigenvalue weighted by Crippen LogP contribution is -2.29. The highest BCUT2D eigenvalue weighted by atomic mass is 16.4. The molecule has 0 radical (unpaired) electrons. The second-order valence-corrected chi connectivity index (χ2v) is 5.20. The van der Waals surface area contributed by atoms with Crippen LogP contribution >= 0.6 is 0 Å². The van der Waals surface area contributed by atoms with E-state index in [9.17, 15) is 9.59 Å². The second kappa shape index (κ2) is 5.95. The van der Waals surface area contributed by atoms with Gasteiger partial charge in [-0.25, -0.2) is 4.79 Å². The Morgan fingerprint density at radius 2 is 2.19 bits per heavy atom. The van der Waals surface area contributed by atoms with E-state index in [1.165, 1.54) is 0 Å². The molecule has 21 heavy (non-hydrogen) atoms. The van der Waals surface area contributed by atoms with Crippen LogP contribution in [0.2, 0.25) is 0 Å². The SMILES string of the molecule is Cc1nc(=O)n(Cc2ccoc2)c(C)c1CC(C)C(=O)O. The summed E-state index contributed by atoms with van der Waals surface area (Å²) < 4.78 is 6.55. The van der Waals surface area contributed by atoms with Crippen LogP contribution in [0, 0.1) is 19.8 Å². The summed E-state index contributed by atoms with van der Waals surface area (Å²) in [5.41, 5.74) is 2.69. The van der Waals surface area contributed by atoms with Gasteiger partial charge in [0, 0.05) is 17.0 Å². The molecule has 0 aliphatic heterocycles. The largest absolute Gasteiger partial charge is 0.481 e. The van der Waals surface area contributed by atoms with Crippen molar-refractivity contribution in [1.82, 2.24) is 9.55 Å². The van der Waals surface area contributed by atoms with Crippen LogP contribution in [0.3, 0.4) is 0 Å². The number of aliphatic carboxylic acids is 1. The van der Waals surface area contributed by atoms with E-state index in [1.807, 2.05) is 6.92 Å². The maximum Gasteiger partial charge on any atom is 0.348 e. The first-order valence-electron chi connectivity index (χ1n) is 6.71. The van der Waals surface area contributed by atoms with E-state index in [4.69, 9.17) is 9.52 Å². The summed E-state index contributed by atoms with van der Waals surface area (Å²) in [6.45, 7) is 5.57. The lowest BCUT2D eigenvalue weighted by molar-refractivity contribution is -0.141. The van der Waals surface area contributed by atoms with E-state index < -0.39 is 11.9 Å². The van der Waals surface area contributed by atoms with Crippen molar-refractivity contribution in [2.24, 2.45) is 5.92 Å². The average molecular weight is 290 g/mol. The van der Waals surface area contributed by atoms with Crippen LogP contribution in [0.25, 0.3) is 0 Å². The Hall–Kier alpha value is -2.37. The zero-order valence-electron chi connectivity index (χ0n) is 12.3. The Morgan fingerprint density at radius 1 is 1.48 bits per heavy atom.